The van der Waals surface area contributed by atoms with Gasteiger partial charge in [0.1, 0.15) is 0 Å². The standard InChI is InChI=1S/C49H38/c1-3-36(38-23-11-5-12-24-38)35-37(4-2)44-45(39-25-13-6-14-26-39)47(41-29-17-8-18-30-41)49(43-33-21-10-22-34-43)48(42-31-19-9-20-32-42)46(44)40-27-15-7-16-28-40/h3-35H,1H2,2H3/b36-35+,37-4+. The van der Waals surface area contributed by atoms with Crippen molar-refractivity contribution in [2.45, 2.75) is 6.92 Å². The van der Waals surface area contributed by atoms with Crippen molar-refractivity contribution in [3.05, 3.63) is 218 Å². The summed E-state index contributed by atoms with van der Waals surface area (Å²) in [5.74, 6) is 0. The van der Waals surface area contributed by atoms with E-state index in [1.165, 1.54) is 50.1 Å². The Balaban J connectivity index is 1.77. The van der Waals surface area contributed by atoms with Crippen molar-refractivity contribution in [3.63, 3.8) is 0 Å². The smallest absolute Gasteiger partial charge is 0.00139 e. The van der Waals surface area contributed by atoms with Crippen LogP contribution in [0.2, 0.25) is 0 Å². The van der Waals surface area contributed by atoms with Crippen molar-refractivity contribution in [1.29, 1.82) is 0 Å². The number of hydrogen-bond donors (Lipinski definition) is 0. The van der Waals surface area contributed by atoms with E-state index in [0.717, 1.165) is 27.8 Å². The SMILES string of the molecule is C=C/C(=C\C(=C/C)c1c(-c2ccccc2)c(-c2ccccc2)c(-c2ccccc2)c(-c2ccccc2)c1-c1ccccc1)c1ccccc1. The molecule has 0 saturated carbocycles. The van der Waals surface area contributed by atoms with Gasteiger partial charge in [-0.25, -0.2) is 0 Å². The molecule has 234 valence electrons. The van der Waals surface area contributed by atoms with Gasteiger partial charge in [-0.2, -0.15) is 0 Å². The lowest BCUT2D eigenvalue weighted by Crippen LogP contribution is -2.04. The molecule has 0 aromatic heterocycles. The Hall–Kier alpha value is -6.24. The molecule has 0 fully saturated rings. The van der Waals surface area contributed by atoms with Gasteiger partial charge in [0.15, 0.2) is 0 Å². The molecule has 0 aliphatic heterocycles. The molecule has 0 amide bonds. The van der Waals surface area contributed by atoms with Gasteiger partial charge in [-0.15, -0.1) is 0 Å². The first kappa shape index (κ1) is 31.4. The van der Waals surface area contributed by atoms with E-state index in [0.29, 0.717) is 0 Å². The molecule has 0 nitrogen and oxygen atoms in total. The van der Waals surface area contributed by atoms with Crippen molar-refractivity contribution in [3.8, 4) is 55.6 Å². The molecular weight excluding hydrogens is 589 g/mol. The van der Waals surface area contributed by atoms with Crippen LogP contribution in [-0.4, -0.2) is 0 Å². The van der Waals surface area contributed by atoms with Crippen molar-refractivity contribution < 1.29 is 0 Å². The lowest BCUT2D eigenvalue weighted by atomic mass is 9.73. The Bertz CT molecular complexity index is 2120. The predicted octanol–water partition coefficient (Wildman–Crippen LogP) is 13.7. The van der Waals surface area contributed by atoms with Gasteiger partial charge in [0.25, 0.3) is 0 Å². The van der Waals surface area contributed by atoms with Gasteiger partial charge < -0.3 is 0 Å². The normalized spacial score (nSPS) is 11.7. The third-order valence-corrected chi connectivity index (χ3v) is 9.05. The minimum absolute atomic E-state index is 1.07. The molecule has 0 unspecified atom stereocenters. The van der Waals surface area contributed by atoms with Crippen molar-refractivity contribution in [2.24, 2.45) is 0 Å². The second-order valence-corrected chi connectivity index (χ2v) is 12.0. The van der Waals surface area contributed by atoms with Gasteiger partial charge in [-0.3, -0.25) is 0 Å². The molecule has 49 heavy (non-hydrogen) atoms. The molecule has 7 aromatic rings. The molecule has 0 bridgehead atoms. The van der Waals surface area contributed by atoms with Crippen LogP contribution in [-0.2, 0) is 0 Å². The summed E-state index contributed by atoms with van der Waals surface area (Å²) in [6.45, 7) is 6.42. The van der Waals surface area contributed by atoms with Gasteiger partial charge in [0.2, 0.25) is 0 Å². The Morgan fingerprint density at radius 2 is 0.653 bits per heavy atom. The highest BCUT2D eigenvalue weighted by molar-refractivity contribution is 6.14. The predicted molar refractivity (Wildman–Crippen MR) is 212 cm³/mol. The van der Waals surface area contributed by atoms with Gasteiger partial charge in [0.05, 0.1) is 0 Å². The Morgan fingerprint density at radius 1 is 0.367 bits per heavy atom. The maximum absolute atomic E-state index is 4.27. The highest BCUT2D eigenvalue weighted by Gasteiger charge is 2.29. The minimum Gasteiger partial charge on any atom is -0.0984 e. The molecular formula is C49H38. The lowest BCUT2D eigenvalue weighted by molar-refractivity contribution is 1.49. The summed E-state index contributed by atoms with van der Waals surface area (Å²) in [5, 5.41) is 0. The van der Waals surface area contributed by atoms with Crippen LogP contribution in [0.25, 0.3) is 66.8 Å². The van der Waals surface area contributed by atoms with Crippen LogP contribution in [0.4, 0.5) is 0 Å². The third-order valence-electron chi connectivity index (χ3n) is 9.05. The van der Waals surface area contributed by atoms with Crippen LogP contribution in [0.15, 0.2) is 207 Å². The highest BCUT2D eigenvalue weighted by Crippen LogP contribution is 2.54. The molecule has 0 radical (unpaired) electrons. The number of hydrogen-bond acceptors (Lipinski definition) is 0. The molecule has 7 rings (SSSR count). The fourth-order valence-corrected chi connectivity index (χ4v) is 6.86. The van der Waals surface area contributed by atoms with Crippen LogP contribution in [0.3, 0.4) is 0 Å². The second kappa shape index (κ2) is 14.7. The third kappa shape index (κ3) is 6.38. The topological polar surface area (TPSA) is 0 Å². The van der Waals surface area contributed by atoms with E-state index in [4.69, 9.17) is 0 Å². The highest BCUT2D eigenvalue weighted by atomic mass is 14.3. The molecule has 0 heterocycles. The van der Waals surface area contributed by atoms with Gasteiger partial charge in [-0.1, -0.05) is 201 Å². The van der Waals surface area contributed by atoms with E-state index in [9.17, 15) is 0 Å². The van der Waals surface area contributed by atoms with E-state index in [1.54, 1.807) is 0 Å². The first-order chi connectivity index (χ1) is 24.3. The van der Waals surface area contributed by atoms with Crippen LogP contribution in [0.1, 0.15) is 18.1 Å². The second-order valence-electron chi connectivity index (χ2n) is 12.0. The van der Waals surface area contributed by atoms with Crippen molar-refractivity contribution in [1.82, 2.24) is 0 Å². The van der Waals surface area contributed by atoms with Crippen molar-refractivity contribution in [2.75, 3.05) is 0 Å². The number of rotatable bonds is 9. The first-order valence-corrected chi connectivity index (χ1v) is 16.9. The summed E-state index contributed by atoms with van der Waals surface area (Å²) in [4.78, 5) is 0. The summed E-state index contributed by atoms with van der Waals surface area (Å²) in [5.41, 5.74) is 16.4. The molecule has 0 aliphatic carbocycles. The van der Waals surface area contributed by atoms with E-state index in [1.807, 2.05) is 6.08 Å². The molecule has 0 N–H and O–H groups in total. The maximum atomic E-state index is 4.27. The number of benzene rings is 7. The maximum Gasteiger partial charge on any atom is -0.00139 e. The van der Waals surface area contributed by atoms with Crippen LogP contribution >= 0.6 is 0 Å². The summed E-state index contributed by atoms with van der Waals surface area (Å²) in [7, 11) is 0. The molecule has 7 aromatic carbocycles. The summed E-state index contributed by atoms with van der Waals surface area (Å²) in [6, 6.07) is 65.0. The average molecular weight is 627 g/mol. The fourth-order valence-electron chi connectivity index (χ4n) is 6.86. The monoisotopic (exact) mass is 626 g/mol. The Kier molecular flexibility index (Phi) is 9.39. The number of allylic oxidation sites excluding steroid dienone is 5. The van der Waals surface area contributed by atoms with Crippen LogP contribution in [0, 0.1) is 0 Å². The zero-order valence-corrected chi connectivity index (χ0v) is 27.8. The summed E-state index contributed by atoms with van der Waals surface area (Å²) >= 11 is 0. The van der Waals surface area contributed by atoms with E-state index < -0.39 is 0 Å². The van der Waals surface area contributed by atoms with Gasteiger partial charge in [-0.05, 0) is 90.9 Å². The zero-order chi connectivity index (χ0) is 33.4. The Labute approximate surface area is 290 Å². The average Bonchev–Trinajstić information content (AvgIpc) is 3.19. The van der Waals surface area contributed by atoms with E-state index in [-0.39, 0.29) is 0 Å². The zero-order valence-electron chi connectivity index (χ0n) is 27.8. The van der Waals surface area contributed by atoms with E-state index in [2.05, 4.69) is 208 Å². The quantitative estimate of drug-likeness (QED) is 0.140. The van der Waals surface area contributed by atoms with E-state index >= 15 is 0 Å². The minimum atomic E-state index is 1.07. The molecule has 0 atom stereocenters. The van der Waals surface area contributed by atoms with Crippen molar-refractivity contribution >= 4 is 11.1 Å². The summed E-state index contributed by atoms with van der Waals surface area (Å²) < 4.78 is 0. The molecule has 0 saturated heterocycles. The first-order valence-electron chi connectivity index (χ1n) is 16.9. The van der Waals surface area contributed by atoms with Gasteiger partial charge >= 0.3 is 0 Å². The fraction of sp³-hybridized carbons (Fsp3) is 0.0204. The van der Waals surface area contributed by atoms with Gasteiger partial charge in [0, 0.05) is 0 Å². The van der Waals surface area contributed by atoms with Crippen LogP contribution < -0.4 is 0 Å². The molecule has 0 heteroatoms. The lowest BCUT2D eigenvalue weighted by Gasteiger charge is -2.29. The molecule has 0 spiro atoms. The van der Waals surface area contributed by atoms with Crippen LogP contribution in [0.5, 0.6) is 0 Å². The summed E-state index contributed by atoms with van der Waals surface area (Å²) in [6.07, 6.45) is 6.53. The largest absolute Gasteiger partial charge is 0.0984 e. The molecule has 0 aliphatic rings. The Morgan fingerprint density at radius 3 is 0.959 bits per heavy atom.